The fourth-order valence-electron chi connectivity index (χ4n) is 2.24. The molecule has 3 nitrogen and oxygen atoms in total. The molecule has 0 saturated heterocycles. The van der Waals surface area contributed by atoms with E-state index in [1.165, 1.54) is 12.7 Å². The Morgan fingerprint density at radius 2 is 2.19 bits per heavy atom. The zero-order valence-electron chi connectivity index (χ0n) is 9.91. The van der Waals surface area contributed by atoms with Crippen molar-refractivity contribution in [3.8, 4) is 0 Å². The second-order valence-corrected chi connectivity index (χ2v) is 4.61. The highest BCUT2D eigenvalue weighted by molar-refractivity contribution is 5.80. The maximum absolute atomic E-state index is 11.8. The molecule has 1 aromatic rings. The van der Waals surface area contributed by atoms with Gasteiger partial charge in [0.1, 0.15) is 0 Å². The summed E-state index contributed by atoms with van der Waals surface area (Å²) in [4.78, 5) is 11.8. The first-order chi connectivity index (χ1) is 7.58. The minimum absolute atomic E-state index is 0.0786. The summed E-state index contributed by atoms with van der Waals surface area (Å²) in [5, 5.41) is 3.36. The van der Waals surface area contributed by atoms with Crippen LogP contribution in [0.2, 0.25) is 0 Å². The Morgan fingerprint density at radius 3 is 2.88 bits per heavy atom. The number of carbonyl (C=O) groups excluding carboxylic acids is 1. The Labute approximate surface area is 95.8 Å². The van der Waals surface area contributed by atoms with E-state index in [4.69, 9.17) is 4.74 Å². The number of esters is 1. The highest BCUT2D eigenvalue weighted by Gasteiger charge is 2.43. The summed E-state index contributed by atoms with van der Waals surface area (Å²) in [5.41, 5.74) is 1.81. The summed E-state index contributed by atoms with van der Waals surface area (Å²) in [6.45, 7) is 3.97. The minimum atomic E-state index is -0.483. The van der Waals surface area contributed by atoms with E-state index in [0.717, 1.165) is 12.1 Å². The number of hydrogen-bond donors (Lipinski definition) is 1. The molecule has 0 aliphatic carbocycles. The van der Waals surface area contributed by atoms with Crippen LogP contribution < -0.4 is 5.32 Å². The summed E-state index contributed by atoms with van der Waals surface area (Å²) in [6, 6.07) is 8.17. The third kappa shape index (κ3) is 1.56. The molecule has 1 aliphatic heterocycles. The van der Waals surface area contributed by atoms with E-state index in [1.807, 2.05) is 32.0 Å². The lowest BCUT2D eigenvalue weighted by molar-refractivity contribution is -0.152. The highest BCUT2D eigenvalue weighted by Crippen LogP contribution is 2.37. The fourth-order valence-corrected chi connectivity index (χ4v) is 2.24. The second-order valence-electron chi connectivity index (χ2n) is 4.61. The van der Waals surface area contributed by atoms with Gasteiger partial charge in [0.25, 0.3) is 0 Å². The fraction of sp³-hybridized carbons (Fsp3) is 0.462. The maximum atomic E-state index is 11.8. The van der Waals surface area contributed by atoms with Crippen LogP contribution in [0.3, 0.4) is 0 Å². The first kappa shape index (κ1) is 11.0. The second kappa shape index (κ2) is 3.81. The molecule has 0 amide bonds. The molecule has 3 heteroatoms. The van der Waals surface area contributed by atoms with Crippen molar-refractivity contribution in [3.05, 3.63) is 29.8 Å². The summed E-state index contributed by atoms with van der Waals surface area (Å²) < 4.78 is 4.90. The molecule has 0 fully saturated rings. The van der Waals surface area contributed by atoms with Gasteiger partial charge in [-0.1, -0.05) is 18.2 Å². The normalized spacial score (nSPS) is 27.8. The molecule has 86 valence electrons. The zero-order valence-corrected chi connectivity index (χ0v) is 9.91. The van der Waals surface area contributed by atoms with E-state index in [0.29, 0.717) is 0 Å². The van der Waals surface area contributed by atoms with Crippen molar-refractivity contribution in [1.29, 1.82) is 0 Å². The first-order valence-electron chi connectivity index (χ1n) is 5.51. The highest BCUT2D eigenvalue weighted by atomic mass is 16.5. The average Bonchev–Trinajstić information content (AvgIpc) is 2.29. The molecule has 2 atom stereocenters. The van der Waals surface area contributed by atoms with Crippen LogP contribution in [0, 0.1) is 5.41 Å². The zero-order chi connectivity index (χ0) is 11.8. The van der Waals surface area contributed by atoms with Gasteiger partial charge in [-0.15, -0.1) is 0 Å². The molecular weight excluding hydrogens is 202 g/mol. The summed E-state index contributed by atoms with van der Waals surface area (Å²) in [5.74, 6) is -0.151. The summed E-state index contributed by atoms with van der Waals surface area (Å²) in [7, 11) is 1.45. The van der Waals surface area contributed by atoms with Gasteiger partial charge >= 0.3 is 5.97 Å². The molecule has 1 heterocycles. The minimum Gasteiger partial charge on any atom is -0.469 e. The van der Waals surface area contributed by atoms with Crippen LogP contribution in [-0.2, 0) is 16.0 Å². The number of benzene rings is 1. The van der Waals surface area contributed by atoms with E-state index in [2.05, 4.69) is 11.4 Å². The summed E-state index contributed by atoms with van der Waals surface area (Å²) in [6.07, 6.45) is 0.726. The average molecular weight is 219 g/mol. The van der Waals surface area contributed by atoms with E-state index in [1.54, 1.807) is 0 Å². The van der Waals surface area contributed by atoms with Crippen LogP contribution in [-0.4, -0.2) is 19.1 Å². The Balaban J connectivity index is 2.37. The quantitative estimate of drug-likeness (QED) is 0.736. The molecule has 1 N–H and O–H groups in total. The van der Waals surface area contributed by atoms with Gasteiger partial charge in [0.15, 0.2) is 0 Å². The number of methoxy groups -OCH3 is 1. The topological polar surface area (TPSA) is 38.3 Å². The van der Waals surface area contributed by atoms with Crippen molar-refractivity contribution >= 4 is 11.7 Å². The molecule has 2 rings (SSSR count). The molecular formula is C13H17NO2. The van der Waals surface area contributed by atoms with Crippen molar-refractivity contribution in [2.75, 3.05) is 12.4 Å². The SMILES string of the molecule is COC(=O)[C@@]1(C)Cc2ccccc2N[C@H]1C. The number of para-hydroxylation sites is 1. The molecule has 16 heavy (non-hydrogen) atoms. The number of carbonyl (C=O) groups is 1. The van der Waals surface area contributed by atoms with E-state index < -0.39 is 5.41 Å². The van der Waals surface area contributed by atoms with Crippen molar-refractivity contribution in [2.45, 2.75) is 26.3 Å². The van der Waals surface area contributed by atoms with Gasteiger partial charge in [0.05, 0.1) is 12.5 Å². The lowest BCUT2D eigenvalue weighted by atomic mass is 9.74. The Morgan fingerprint density at radius 1 is 1.50 bits per heavy atom. The van der Waals surface area contributed by atoms with Gasteiger partial charge in [-0.3, -0.25) is 4.79 Å². The van der Waals surface area contributed by atoms with Crippen LogP contribution in [0.5, 0.6) is 0 Å². The number of hydrogen-bond acceptors (Lipinski definition) is 3. The smallest absolute Gasteiger partial charge is 0.313 e. The predicted molar refractivity (Wildman–Crippen MR) is 63.4 cm³/mol. The number of nitrogens with one attached hydrogen (secondary N) is 1. The van der Waals surface area contributed by atoms with Gasteiger partial charge in [-0.05, 0) is 31.9 Å². The largest absolute Gasteiger partial charge is 0.469 e. The third-order valence-electron chi connectivity index (χ3n) is 3.55. The molecule has 0 spiro atoms. The van der Waals surface area contributed by atoms with Crippen LogP contribution in [0.25, 0.3) is 0 Å². The molecule has 0 saturated carbocycles. The lowest BCUT2D eigenvalue weighted by Gasteiger charge is -2.39. The van der Waals surface area contributed by atoms with Crippen LogP contribution in [0.15, 0.2) is 24.3 Å². The number of fused-ring (bicyclic) bond motifs is 1. The van der Waals surface area contributed by atoms with Gasteiger partial charge in [0.2, 0.25) is 0 Å². The monoisotopic (exact) mass is 219 g/mol. The predicted octanol–water partition coefficient (Wildman–Crippen LogP) is 2.22. The third-order valence-corrected chi connectivity index (χ3v) is 3.55. The molecule has 1 aromatic carbocycles. The Kier molecular flexibility index (Phi) is 2.62. The van der Waals surface area contributed by atoms with Crippen molar-refractivity contribution in [1.82, 2.24) is 0 Å². The molecule has 0 bridgehead atoms. The summed E-state index contributed by atoms with van der Waals surface area (Å²) >= 11 is 0. The molecule has 0 aromatic heterocycles. The molecule has 0 unspecified atom stereocenters. The van der Waals surface area contributed by atoms with Crippen LogP contribution in [0.4, 0.5) is 5.69 Å². The maximum Gasteiger partial charge on any atom is 0.313 e. The van der Waals surface area contributed by atoms with E-state index >= 15 is 0 Å². The van der Waals surface area contributed by atoms with E-state index in [9.17, 15) is 4.79 Å². The molecule has 1 aliphatic rings. The van der Waals surface area contributed by atoms with Gasteiger partial charge in [0, 0.05) is 11.7 Å². The van der Waals surface area contributed by atoms with Gasteiger partial charge in [-0.25, -0.2) is 0 Å². The Bertz CT molecular complexity index is 416. The number of ether oxygens (including phenoxy) is 1. The standard InChI is InChI=1S/C13H17NO2/c1-9-13(2,12(15)16-3)8-10-6-4-5-7-11(10)14-9/h4-7,9,14H,8H2,1-3H3/t9-,13-/m0/s1. The van der Waals surface area contributed by atoms with Gasteiger partial charge < -0.3 is 10.1 Å². The van der Waals surface area contributed by atoms with Crippen molar-refractivity contribution in [3.63, 3.8) is 0 Å². The Hall–Kier alpha value is -1.51. The van der Waals surface area contributed by atoms with Crippen molar-refractivity contribution < 1.29 is 9.53 Å². The lowest BCUT2D eigenvalue weighted by Crippen LogP contribution is -2.47. The van der Waals surface area contributed by atoms with Crippen LogP contribution in [0.1, 0.15) is 19.4 Å². The van der Waals surface area contributed by atoms with Crippen LogP contribution >= 0.6 is 0 Å². The number of anilines is 1. The van der Waals surface area contributed by atoms with Gasteiger partial charge in [-0.2, -0.15) is 0 Å². The van der Waals surface area contributed by atoms with Crippen molar-refractivity contribution in [2.24, 2.45) is 5.41 Å². The first-order valence-corrected chi connectivity index (χ1v) is 5.51. The number of rotatable bonds is 1. The van der Waals surface area contributed by atoms with E-state index in [-0.39, 0.29) is 12.0 Å². The molecule has 0 radical (unpaired) electrons.